The normalized spacial score (nSPS) is 13.5. The Morgan fingerprint density at radius 3 is 2.50 bits per heavy atom. The van der Waals surface area contributed by atoms with E-state index in [1.165, 1.54) is 12.1 Å². The number of hydrogen-bond acceptors (Lipinski definition) is 2. The van der Waals surface area contributed by atoms with Gasteiger partial charge in [-0.15, -0.1) is 0 Å². The number of nitrogens with zero attached hydrogens (tertiary/aromatic N) is 1. The molecule has 1 aromatic rings. The summed E-state index contributed by atoms with van der Waals surface area (Å²) in [6.07, 6.45) is -4.49. The van der Waals surface area contributed by atoms with Crippen molar-refractivity contribution < 1.29 is 23.1 Å². The van der Waals surface area contributed by atoms with Crippen LogP contribution in [-0.2, 0) is 4.79 Å². The second-order valence-electron chi connectivity index (χ2n) is 3.42. The zero-order chi connectivity index (χ0) is 12.3. The molecule has 0 aromatic carbocycles. The second-order valence-corrected chi connectivity index (χ2v) is 3.42. The van der Waals surface area contributed by atoms with E-state index in [-0.39, 0.29) is 5.56 Å². The molecule has 0 saturated heterocycles. The maximum Gasteiger partial charge on any atom is 0.396 e. The summed E-state index contributed by atoms with van der Waals surface area (Å²) in [5.74, 6) is -3.49. The quantitative estimate of drug-likeness (QED) is 0.872. The van der Waals surface area contributed by atoms with E-state index < -0.39 is 24.5 Å². The van der Waals surface area contributed by atoms with Gasteiger partial charge in [-0.1, -0.05) is 6.07 Å². The molecule has 0 aliphatic heterocycles. The van der Waals surface area contributed by atoms with E-state index in [9.17, 15) is 18.0 Å². The number of pyridine rings is 1. The van der Waals surface area contributed by atoms with Crippen LogP contribution in [-0.4, -0.2) is 22.2 Å². The Labute approximate surface area is 89.9 Å². The van der Waals surface area contributed by atoms with Gasteiger partial charge in [-0.3, -0.25) is 9.78 Å². The monoisotopic (exact) mass is 233 g/mol. The predicted molar refractivity (Wildman–Crippen MR) is 50.0 cm³/mol. The first-order valence-electron chi connectivity index (χ1n) is 4.51. The van der Waals surface area contributed by atoms with Crippen LogP contribution in [0.15, 0.2) is 18.3 Å². The molecule has 0 bridgehead atoms. The van der Waals surface area contributed by atoms with Gasteiger partial charge in [-0.2, -0.15) is 13.2 Å². The Morgan fingerprint density at radius 2 is 2.12 bits per heavy atom. The second kappa shape index (κ2) is 4.51. The molecule has 0 aliphatic carbocycles. The lowest BCUT2D eigenvalue weighted by atomic mass is 9.96. The minimum atomic E-state index is -4.57. The lowest BCUT2D eigenvalue weighted by Gasteiger charge is -2.18. The number of carboxylic acid groups (broad SMARTS) is 1. The number of carbonyl (C=O) groups is 1. The van der Waals surface area contributed by atoms with Crippen LogP contribution >= 0.6 is 0 Å². The summed E-state index contributed by atoms with van der Waals surface area (Å²) in [6, 6.07) is 2.68. The van der Waals surface area contributed by atoms with Crippen molar-refractivity contribution in [3.05, 3.63) is 29.6 Å². The molecule has 0 amide bonds. The van der Waals surface area contributed by atoms with Crippen LogP contribution in [0.5, 0.6) is 0 Å². The minimum Gasteiger partial charge on any atom is -0.481 e. The largest absolute Gasteiger partial charge is 0.481 e. The van der Waals surface area contributed by atoms with Gasteiger partial charge in [0, 0.05) is 11.9 Å². The summed E-state index contributed by atoms with van der Waals surface area (Å²) in [6.45, 7) is 1.64. The van der Waals surface area contributed by atoms with E-state index in [1.54, 1.807) is 6.92 Å². The molecule has 0 fully saturated rings. The van der Waals surface area contributed by atoms with Crippen LogP contribution in [0.1, 0.15) is 23.6 Å². The fraction of sp³-hybridized carbons (Fsp3) is 0.400. The van der Waals surface area contributed by atoms with E-state index in [0.29, 0.717) is 5.69 Å². The molecule has 1 atom stereocenters. The third-order valence-electron chi connectivity index (χ3n) is 2.11. The molecule has 1 unspecified atom stereocenters. The van der Waals surface area contributed by atoms with Crippen LogP contribution in [0.4, 0.5) is 13.2 Å². The highest BCUT2D eigenvalue weighted by molar-refractivity contribution is 5.68. The Balaban J connectivity index is 3.01. The zero-order valence-corrected chi connectivity index (χ0v) is 8.45. The summed E-state index contributed by atoms with van der Waals surface area (Å²) in [5.41, 5.74) is 0.459. The number of aryl methyl sites for hydroxylation is 1. The van der Waals surface area contributed by atoms with Crippen molar-refractivity contribution in [3.63, 3.8) is 0 Å². The number of aromatic nitrogens is 1. The summed E-state index contributed by atoms with van der Waals surface area (Å²) >= 11 is 0. The van der Waals surface area contributed by atoms with Gasteiger partial charge in [-0.25, -0.2) is 0 Å². The lowest BCUT2D eigenvalue weighted by molar-refractivity contribution is -0.163. The highest BCUT2D eigenvalue weighted by atomic mass is 19.4. The molecule has 0 saturated carbocycles. The van der Waals surface area contributed by atoms with Crippen molar-refractivity contribution >= 4 is 5.97 Å². The van der Waals surface area contributed by atoms with E-state index in [1.807, 2.05) is 0 Å². The molecule has 6 heteroatoms. The molecule has 1 rings (SSSR count). The molecule has 0 spiro atoms. The molecule has 16 heavy (non-hydrogen) atoms. The van der Waals surface area contributed by atoms with Crippen molar-refractivity contribution in [2.24, 2.45) is 0 Å². The van der Waals surface area contributed by atoms with Crippen LogP contribution in [0.3, 0.4) is 0 Å². The van der Waals surface area contributed by atoms with Crippen LogP contribution in [0.2, 0.25) is 0 Å². The lowest BCUT2D eigenvalue weighted by Crippen LogP contribution is -2.23. The van der Waals surface area contributed by atoms with Crippen molar-refractivity contribution in [2.75, 3.05) is 0 Å². The van der Waals surface area contributed by atoms with Crippen molar-refractivity contribution in [1.82, 2.24) is 4.98 Å². The van der Waals surface area contributed by atoms with Crippen molar-refractivity contribution in [2.45, 2.75) is 25.4 Å². The van der Waals surface area contributed by atoms with E-state index >= 15 is 0 Å². The van der Waals surface area contributed by atoms with E-state index in [4.69, 9.17) is 5.11 Å². The Morgan fingerprint density at radius 1 is 1.50 bits per heavy atom. The first-order chi connectivity index (χ1) is 7.30. The van der Waals surface area contributed by atoms with Gasteiger partial charge >= 0.3 is 12.1 Å². The van der Waals surface area contributed by atoms with Crippen LogP contribution < -0.4 is 0 Å². The average molecular weight is 233 g/mol. The number of alkyl halides is 3. The number of rotatable bonds is 3. The smallest absolute Gasteiger partial charge is 0.396 e. The molecule has 0 radical (unpaired) electrons. The number of aliphatic carboxylic acids is 1. The predicted octanol–water partition coefficient (Wildman–Crippen LogP) is 2.51. The maximum atomic E-state index is 12.6. The molecule has 3 nitrogen and oxygen atoms in total. The standard InChI is InChI=1S/C10H10F3NO2/c1-6-2-3-7(5-14-6)8(4-9(15)16)10(11,12)13/h2-3,5,8H,4H2,1H3,(H,15,16). The first-order valence-corrected chi connectivity index (χ1v) is 4.51. The Kier molecular flexibility index (Phi) is 3.51. The summed E-state index contributed by atoms with van der Waals surface area (Å²) in [7, 11) is 0. The first kappa shape index (κ1) is 12.5. The number of halogens is 3. The SMILES string of the molecule is Cc1ccc(C(CC(=O)O)C(F)(F)F)cn1. The molecular weight excluding hydrogens is 223 g/mol. The third-order valence-corrected chi connectivity index (χ3v) is 2.11. The van der Waals surface area contributed by atoms with Gasteiger partial charge in [0.1, 0.15) is 0 Å². The Bertz CT molecular complexity index is 373. The summed E-state index contributed by atoms with van der Waals surface area (Å²) < 4.78 is 37.7. The molecule has 1 aromatic heterocycles. The highest BCUT2D eigenvalue weighted by Gasteiger charge is 2.42. The van der Waals surface area contributed by atoms with E-state index in [2.05, 4.69) is 4.98 Å². The average Bonchev–Trinajstić information content (AvgIpc) is 2.14. The minimum absolute atomic E-state index is 0.125. The van der Waals surface area contributed by atoms with Crippen molar-refractivity contribution in [3.8, 4) is 0 Å². The fourth-order valence-electron chi connectivity index (χ4n) is 1.28. The third kappa shape index (κ3) is 3.22. The van der Waals surface area contributed by atoms with Gasteiger partial charge in [0.15, 0.2) is 0 Å². The summed E-state index contributed by atoms with van der Waals surface area (Å²) in [4.78, 5) is 14.1. The molecule has 1 heterocycles. The van der Waals surface area contributed by atoms with Crippen molar-refractivity contribution in [1.29, 1.82) is 0 Å². The number of hydrogen-bond donors (Lipinski definition) is 1. The maximum absolute atomic E-state index is 12.6. The van der Waals surface area contributed by atoms with Gasteiger partial charge in [0.25, 0.3) is 0 Å². The molecule has 0 aliphatic rings. The van der Waals surface area contributed by atoms with Gasteiger partial charge < -0.3 is 5.11 Å². The topological polar surface area (TPSA) is 50.2 Å². The van der Waals surface area contributed by atoms with E-state index in [0.717, 1.165) is 6.20 Å². The van der Waals surface area contributed by atoms with Gasteiger partial charge in [0.05, 0.1) is 12.3 Å². The van der Waals surface area contributed by atoms with Crippen LogP contribution in [0, 0.1) is 6.92 Å². The highest BCUT2D eigenvalue weighted by Crippen LogP contribution is 2.37. The van der Waals surface area contributed by atoms with Gasteiger partial charge in [0.2, 0.25) is 0 Å². The molecular formula is C10H10F3NO2. The number of carboxylic acids is 1. The van der Waals surface area contributed by atoms with Gasteiger partial charge in [-0.05, 0) is 18.6 Å². The Hall–Kier alpha value is -1.59. The molecule has 88 valence electrons. The fourth-order valence-corrected chi connectivity index (χ4v) is 1.28. The zero-order valence-electron chi connectivity index (χ0n) is 8.45. The summed E-state index contributed by atoms with van der Waals surface area (Å²) in [5, 5.41) is 8.44. The molecule has 1 N–H and O–H groups in total. The van der Waals surface area contributed by atoms with Crippen LogP contribution in [0.25, 0.3) is 0 Å².